The van der Waals surface area contributed by atoms with E-state index in [0.717, 1.165) is 52.1 Å². The van der Waals surface area contributed by atoms with Gasteiger partial charge in [0.05, 0.1) is 0 Å². The number of hydrogen-bond donors (Lipinski definition) is 1. The lowest BCUT2D eigenvalue weighted by molar-refractivity contribution is -0.163. The second-order valence-corrected chi connectivity index (χ2v) is 7.89. The maximum atomic E-state index is 13.2. The number of carbonyl (C=O) groups is 1. The van der Waals surface area contributed by atoms with Gasteiger partial charge in [-0.3, -0.25) is 9.69 Å². The standard InChI is InChI=1S/C20H31N3O2.2ClH/c1-19(2)16-22(18(24)20(25-3)9-11-21-12-10-20)13-14-23(19)15-17-7-5-4-6-8-17;;/h4-8,21H,9-16H2,1-3H3;2*1H. The van der Waals surface area contributed by atoms with Crippen molar-refractivity contribution >= 4 is 30.7 Å². The number of benzene rings is 1. The lowest BCUT2D eigenvalue weighted by atomic mass is 9.88. The van der Waals surface area contributed by atoms with Crippen molar-refractivity contribution in [1.29, 1.82) is 0 Å². The van der Waals surface area contributed by atoms with Gasteiger partial charge in [0, 0.05) is 38.8 Å². The van der Waals surface area contributed by atoms with Gasteiger partial charge in [0.25, 0.3) is 5.91 Å². The minimum Gasteiger partial charge on any atom is -0.368 e. The predicted molar refractivity (Wildman–Crippen MR) is 114 cm³/mol. The van der Waals surface area contributed by atoms with Gasteiger partial charge in [-0.25, -0.2) is 0 Å². The van der Waals surface area contributed by atoms with Gasteiger partial charge in [-0.05, 0) is 45.3 Å². The van der Waals surface area contributed by atoms with Crippen LogP contribution in [0.25, 0.3) is 0 Å². The molecular weight excluding hydrogens is 385 g/mol. The van der Waals surface area contributed by atoms with Crippen LogP contribution in [0, 0.1) is 0 Å². The van der Waals surface area contributed by atoms with E-state index in [2.05, 4.69) is 54.4 Å². The number of ether oxygens (including phenoxy) is 1. The van der Waals surface area contributed by atoms with Crippen LogP contribution in [0.3, 0.4) is 0 Å². The Morgan fingerprint density at radius 1 is 1.11 bits per heavy atom. The van der Waals surface area contributed by atoms with E-state index in [9.17, 15) is 4.79 Å². The highest BCUT2D eigenvalue weighted by Gasteiger charge is 2.45. The molecule has 2 saturated heterocycles. The van der Waals surface area contributed by atoms with E-state index in [1.165, 1.54) is 5.56 Å². The second-order valence-electron chi connectivity index (χ2n) is 7.89. The Bertz CT molecular complexity index is 592. The van der Waals surface area contributed by atoms with E-state index in [-0.39, 0.29) is 36.3 Å². The first-order valence-corrected chi connectivity index (χ1v) is 9.31. The summed E-state index contributed by atoms with van der Waals surface area (Å²) in [6.45, 7) is 9.49. The lowest BCUT2D eigenvalue weighted by Gasteiger charge is -2.49. The number of carbonyl (C=O) groups excluding carboxylic acids is 1. The van der Waals surface area contributed by atoms with Crippen molar-refractivity contribution in [1.82, 2.24) is 15.1 Å². The quantitative estimate of drug-likeness (QED) is 0.817. The molecule has 1 aromatic carbocycles. The highest BCUT2D eigenvalue weighted by atomic mass is 35.5. The van der Waals surface area contributed by atoms with E-state index < -0.39 is 5.60 Å². The average Bonchev–Trinajstić information content (AvgIpc) is 2.64. The number of hydrogen-bond acceptors (Lipinski definition) is 4. The molecule has 0 aromatic heterocycles. The van der Waals surface area contributed by atoms with E-state index in [0.29, 0.717) is 0 Å². The van der Waals surface area contributed by atoms with Gasteiger partial charge >= 0.3 is 0 Å². The van der Waals surface area contributed by atoms with Gasteiger partial charge in [-0.15, -0.1) is 24.8 Å². The summed E-state index contributed by atoms with van der Waals surface area (Å²) in [6, 6.07) is 10.6. The minimum atomic E-state index is -0.636. The molecule has 0 saturated carbocycles. The van der Waals surface area contributed by atoms with Crippen LogP contribution in [0.15, 0.2) is 30.3 Å². The molecule has 7 heteroatoms. The number of nitrogens with zero attached hydrogens (tertiary/aromatic N) is 2. The topological polar surface area (TPSA) is 44.8 Å². The third-order valence-corrected chi connectivity index (χ3v) is 5.77. The molecule has 0 radical (unpaired) electrons. The molecule has 2 aliphatic heterocycles. The molecular formula is C20H33Cl2N3O2. The van der Waals surface area contributed by atoms with E-state index in [1.807, 2.05) is 4.90 Å². The van der Waals surface area contributed by atoms with Crippen LogP contribution in [0.4, 0.5) is 0 Å². The Kier molecular flexibility index (Phi) is 9.03. The van der Waals surface area contributed by atoms with Crippen molar-refractivity contribution in [3.8, 4) is 0 Å². The monoisotopic (exact) mass is 417 g/mol. The maximum absolute atomic E-state index is 13.2. The van der Waals surface area contributed by atoms with Crippen molar-refractivity contribution in [3.63, 3.8) is 0 Å². The zero-order valence-corrected chi connectivity index (χ0v) is 18.2. The Morgan fingerprint density at radius 2 is 1.74 bits per heavy atom. The number of amides is 1. The molecule has 3 rings (SSSR count). The molecule has 0 unspecified atom stereocenters. The minimum absolute atomic E-state index is 0. The summed E-state index contributed by atoms with van der Waals surface area (Å²) in [7, 11) is 1.68. The highest BCUT2D eigenvalue weighted by Crippen LogP contribution is 2.29. The molecule has 2 heterocycles. The fourth-order valence-electron chi connectivity index (χ4n) is 4.08. The number of methoxy groups -OCH3 is 1. The molecule has 27 heavy (non-hydrogen) atoms. The summed E-state index contributed by atoms with van der Waals surface area (Å²) in [5, 5.41) is 3.32. The molecule has 0 bridgehead atoms. The average molecular weight is 418 g/mol. The van der Waals surface area contributed by atoms with E-state index in [1.54, 1.807) is 7.11 Å². The summed E-state index contributed by atoms with van der Waals surface area (Å²) in [6.07, 6.45) is 1.51. The molecule has 1 amide bonds. The van der Waals surface area contributed by atoms with Crippen LogP contribution >= 0.6 is 24.8 Å². The van der Waals surface area contributed by atoms with Gasteiger partial charge in [0.1, 0.15) is 5.60 Å². The molecule has 1 aromatic rings. The van der Waals surface area contributed by atoms with Crippen LogP contribution < -0.4 is 5.32 Å². The van der Waals surface area contributed by atoms with Gasteiger partial charge in [-0.1, -0.05) is 30.3 Å². The van der Waals surface area contributed by atoms with Crippen molar-refractivity contribution in [2.45, 2.75) is 44.4 Å². The Balaban J connectivity index is 0.00000182. The number of halogens is 2. The lowest BCUT2D eigenvalue weighted by Crippen LogP contribution is -2.64. The molecule has 5 nitrogen and oxygen atoms in total. The molecule has 0 spiro atoms. The highest BCUT2D eigenvalue weighted by molar-refractivity contribution is 5.86. The molecule has 0 atom stereocenters. The first-order chi connectivity index (χ1) is 12.0. The fraction of sp³-hybridized carbons (Fsp3) is 0.650. The summed E-state index contributed by atoms with van der Waals surface area (Å²) in [5.41, 5.74) is 0.635. The SMILES string of the molecule is COC1(C(=O)N2CCN(Cc3ccccc3)C(C)(C)C2)CCNCC1.Cl.Cl. The van der Waals surface area contributed by atoms with Crippen LogP contribution in [0.5, 0.6) is 0 Å². The van der Waals surface area contributed by atoms with Crippen molar-refractivity contribution < 1.29 is 9.53 Å². The maximum Gasteiger partial charge on any atom is 0.255 e. The van der Waals surface area contributed by atoms with Gasteiger partial charge in [0.2, 0.25) is 0 Å². The summed E-state index contributed by atoms with van der Waals surface area (Å²) in [5.74, 6) is 0.170. The third-order valence-electron chi connectivity index (χ3n) is 5.77. The van der Waals surface area contributed by atoms with Gasteiger partial charge < -0.3 is 15.0 Å². The van der Waals surface area contributed by atoms with Crippen molar-refractivity contribution in [2.75, 3.05) is 39.8 Å². The molecule has 2 aliphatic rings. The van der Waals surface area contributed by atoms with Crippen LogP contribution in [-0.4, -0.2) is 66.7 Å². The molecule has 1 N–H and O–H groups in total. The first kappa shape index (κ1) is 24.2. The van der Waals surface area contributed by atoms with Crippen LogP contribution in [0.2, 0.25) is 0 Å². The zero-order chi connectivity index (χ0) is 17.9. The largest absolute Gasteiger partial charge is 0.368 e. The van der Waals surface area contributed by atoms with Crippen molar-refractivity contribution in [3.05, 3.63) is 35.9 Å². The smallest absolute Gasteiger partial charge is 0.255 e. The first-order valence-electron chi connectivity index (χ1n) is 9.31. The number of nitrogens with one attached hydrogen (secondary N) is 1. The number of rotatable bonds is 4. The van der Waals surface area contributed by atoms with Crippen LogP contribution in [0.1, 0.15) is 32.3 Å². The Hall–Kier alpha value is -0.850. The zero-order valence-electron chi connectivity index (χ0n) is 16.6. The molecule has 154 valence electrons. The summed E-state index contributed by atoms with van der Waals surface area (Å²) >= 11 is 0. The number of piperidine rings is 1. The van der Waals surface area contributed by atoms with Crippen LogP contribution in [-0.2, 0) is 16.1 Å². The van der Waals surface area contributed by atoms with E-state index in [4.69, 9.17) is 4.74 Å². The fourth-order valence-corrected chi connectivity index (χ4v) is 4.08. The molecule has 2 fully saturated rings. The summed E-state index contributed by atoms with van der Waals surface area (Å²) < 4.78 is 5.74. The third kappa shape index (κ3) is 5.36. The van der Waals surface area contributed by atoms with E-state index >= 15 is 0 Å². The summed E-state index contributed by atoms with van der Waals surface area (Å²) in [4.78, 5) is 17.7. The van der Waals surface area contributed by atoms with Gasteiger partial charge in [0.15, 0.2) is 0 Å². The Morgan fingerprint density at radius 3 is 2.30 bits per heavy atom. The van der Waals surface area contributed by atoms with Gasteiger partial charge in [-0.2, -0.15) is 0 Å². The number of piperazine rings is 1. The van der Waals surface area contributed by atoms with Crippen molar-refractivity contribution in [2.24, 2.45) is 0 Å². The second kappa shape index (κ2) is 10.1. The Labute approximate surface area is 175 Å². The molecule has 0 aliphatic carbocycles. The normalized spacial score (nSPS) is 21.7. The predicted octanol–water partition coefficient (Wildman–Crippen LogP) is 2.72.